The van der Waals surface area contributed by atoms with Crippen molar-refractivity contribution >= 4 is 22.9 Å². The van der Waals surface area contributed by atoms with Gasteiger partial charge in [0.15, 0.2) is 10.6 Å². The van der Waals surface area contributed by atoms with Crippen LogP contribution in [0.15, 0.2) is 89.6 Å². The fraction of sp³-hybridized carbons (Fsp3) is 0.212. The standard InChI is InChI=1S/C33H31F3N6O2S/c1-20(2)29-21(3)7-6-8-28(29)42-23(5)18-45-32(42)39-31(43)37-17-22(4)24-9-11-25(12-10-24)30-38-19-41(40-30)26-13-15-27(16-14-26)44-33(34,35)36/h6-20H,1-5H3,(H,37,43)/b22-17+,39-32-. The Kier molecular flexibility index (Phi) is 9.05. The van der Waals surface area contributed by atoms with Crippen LogP contribution in [0.1, 0.15) is 49.1 Å². The minimum absolute atomic E-state index is 0.306. The highest BCUT2D eigenvalue weighted by atomic mass is 32.1. The van der Waals surface area contributed by atoms with Crippen LogP contribution in [0.4, 0.5) is 18.0 Å². The van der Waals surface area contributed by atoms with Crippen molar-refractivity contribution < 1.29 is 22.7 Å². The lowest BCUT2D eigenvalue weighted by Crippen LogP contribution is -2.22. The van der Waals surface area contributed by atoms with E-state index in [-0.39, 0.29) is 5.75 Å². The first-order valence-electron chi connectivity index (χ1n) is 14.1. The number of halogens is 3. The van der Waals surface area contributed by atoms with Crippen LogP contribution in [-0.4, -0.2) is 31.7 Å². The number of rotatable bonds is 7. The van der Waals surface area contributed by atoms with Crippen LogP contribution < -0.4 is 14.9 Å². The molecule has 0 aliphatic heterocycles. The van der Waals surface area contributed by atoms with E-state index >= 15 is 0 Å². The molecule has 0 bridgehead atoms. The van der Waals surface area contributed by atoms with Crippen molar-refractivity contribution in [2.24, 2.45) is 4.99 Å². The van der Waals surface area contributed by atoms with E-state index in [4.69, 9.17) is 0 Å². The highest BCUT2D eigenvalue weighted by molar-refractivity contribution is 7.07. The molecule has 0 aliphatic rings. The predicted octanol–water partition coefficient (Wildman–Crippen LogP) is 8.10. The Hall–Kier alpha value is -4.97. The second-order valence-electron chi connectivity index (χ2n) is 10.7. The van der Waals surface area contributed by atoms with Crippen molar-refractivity contribution in [1.82, 2.24) is 24.6 Å². The highest BCUT2D eigenvalue weighted by Gasteiger charge is 2.31. The molecule has 0 saturated carbocycles. The van der Waals surface area contributed by atoms with E-state index < -0.39 is 12.4 Å². The zero-order chi connectivity index (χ0) is 32.3. The lowest BCUT2D eigenvalue weighted by Gasteiger charge is -2.17. The third-order valence-corrected chi connectivity index (χ3v) is 7.98. The quantitative estimate of drug-likeness (QED) is 0.197. The first-order chi connectivity index (χ1) is 21.4. The van der Waals surface area contributed by atoms with Crippen LogP contribution in [0, 0.1) is 13.8 Å². The summed E-state index contributed by atoms with van der Waals surface area (Å²) in [6.07, 6.45) is -1.65. The fourth-order valence-corrected chi connectivity index (χ4v) is 5.81. The van der Waals surface area contributed by atoms with Gasteiger partial charge in [-0.25, -0.2) is 14.5 Å². The molecule has 0 saturated heterocycles. The summed E-state index contributed by atoms with van der Waals surface area (Å²) in [7, 11) is 0. The Labute approximate surface area is 262 Å². The van der Waals surface area contributed by atoms with Crippen molar-refractivity contribution in [3.8, 4) is 28.5 Å². The maximum Gasteiger partial charge on any atom is 0.573 e. The normalized spacial score (nSPS) is 12.6. The summed E-state index contributed by atoms with van der Waals surface area (Å²) in [5.74, 6) is 0.434. The average Bonchev–Trinajstić information content (AvgIpc) is 3.62. The smallest absolute Gasteiger partial charge is 0.406 e. The number of benzene rings is 3. The van der Waals surface area contributed by atoms with Gasteiger partial charge in [0.2, 0.25) is 0 Å². The molecule has 45 heavy (non-hydrogen) atoms. The first kappa shape index (κ1) is 31.5. The lowest BCUT2D eigenvalue weighted by atomic mass is 9.96. The maximum atomic E-state index is 12.9. The molecule has 0 spiro atoms. The Morgan fingerprint density at radius 3 is 2.42 bits per heavy atom. The van der Waals surface area contributed by atoms with E-state index in [0.29, 0.717) is 22.2 Å². The van der Waals surface area contributed by atoms with Gasteiger partial charge in [-0.1, -0.05) is 50.2 Å². The van der Waals surface area contributed by atoms with Crippen molar-refractivity contribution in [2.45, 2.75) is 46.9 Å². The van der Waals surface area contributed by atoms with E-state index in [1.165, 1.54) is 57.7 Å². The van der Waals surface area contributed by atoms with E-state index in [1.807, 2.05) is 54.1 Å². The highest BCUT2D eigenvalue weighted by Crippen LogP contribution is 2.27. The summed E-state index contributed by atoms with van der Waals surface area (Å²) in [5, 5.41) is 9.20. The number of allylic oxidation sites excluding steroid dienone is 1. The SMILES string of the molecule is C/C(=C\NC(=O)/N=c1\scc(C)n1-c1cccc(C)c1C(C)C)c1ccc(-c2ncn(-c3ccc(OC(F)(F)F)cc3)n2)cc1. The summed E-state index contributed by atoms with van der Waals surface area (Å²) in [4.78, 5) is 22.1. The Balaban J connectivity index is 1.28. The van der Waals surface area contributed by atoms with Crippen molar-refractivity contribution in [3.05, 3.63) is 112 Å². The summed E-state index contributed by atoms with van der Waals surface area (Å²) in [6, 6.07) is 18.5. The number of nitrogens with one attached hydrogen (secondary N) is 1. The van der Waals surface area contributed by atoms with E-state index in [2.05, 4.69) is 58.0 Å². The molecule has 0 unspecified atom stereocenters. The lowest BCUT2D eigenvalue weighted by molar-refractivity contribution is -0.274. The molecular formula is C33H31F3N6O2S. The van der Waals surface area contributed by atoms with Crippen LogP contribution in [0.25, 0.3) is 28.3 Å². The van der Waals surface area contributed by atoms with Crippen LogP contribution in [0.3, 0.4) is 0 Å². The minimum atomic E-state index is -4.76. The minimum Gasteiger partial charge on any atom is -0.406 e. The number of hydrogen-bond acceptors (Lipinski definition) is 5. The van der Waals surface area contributed by atoms with Gasteiger partial charge in [0.05, 0.1) is 11.4 Å². The van der Waals surface area contributed by atoms with Crippen LogP contribution in [0.5, 0.6) is 5.75 Å². The number of alkyl halides is 3. The molecule has 0 fully saturated rings. The molecule has 2 aromatic heterocycles. The zero-order valence-corrected chi connectivity index (χ0v) is 26.1. The number of amides is 2. The number of ether oxygens (including phenoxy) is 1. The van der Waals surface area contributed by atoms with Gasteiger partial charge in [-0.15, -0.1) is 29.6 Å². The van der Waals surface area contributed by atoms with Gasteiger partial charge in [-0.3, -0.25) is 4.57 Å². The Morgan fingerprint density at radius 2 is 1.76 bits per heavy atom. The molecule has 1 N–H and O–H groups in total. The van der Waals surface area contributed by atoms with Crippen molar-refractivity contribution in [2.75, 3.05) is 0 Å². The van der Waals surface area contributed by atoms with E-state index in [0.717, 1.165) is 28.1 Å². The maximum absolute atomic E-state index is 12.9. The molecule has 2 heterocycles. The van der Waals surface area contributed by atoms with Crippen molar-refractivity contribution in [1.29, 1.82) is 0 Å². The molecule has 5 rings (SSSR count). The predicted molar refractivity (Wildman–Crippen MR) is 168 cm³/mol. The largest absolute Gasteiger partial charge is 0.573 e. The Bertz CT molecular complexity index is 1920. The third-order valence-electron chi connectivity index (χ3n) is 7.03. The van der Waals surface area contributed by atoms with Crippen LogP contribution >= 0.6 is 11.3 Å². The Morgan fingerprint density at radius 1 is 1.04 bits per heavy atom. The van der Waals surface area contributed by atoms with Gasteiger partial charge in [-0.2, -0.15) is 4.99 Å². The monoisotopic (exact) mass is 632 g/mol. The summed E-state index contributed by atoms with van der Waals surface area (Å²) in [5.41, 5.74) is 7.41. The van der Waals surface area contributed by atoms with E-state index in [1.54, 1.807) is 6.20 Å². The number of aryl methyl sites for hydroxylation is 2. The molecule has 12 heteroatoms. The topological polar surface area (TPSA) is 86.3 Å². The summed E-state index contributed by atoms with van der Waals surface area (Å²) < 4.78 is 44.7. The number of hydrogen-bond donors (Lipinski definition) is 1. The first-order valence-corrected chi connectivity index (χ1v) is 15.0. The van der Waals surface area contributed by atoms with Gasteiger partial charge in [0.1, 0.15) is 12.1 Å². The second kappa shape index (κ2) is 12.9. The molecule has 3 aromatic carbocycles. The molecular weight excluding hydrogens is 601 g/mol. The number of carbonyl (C=O) groups is 1. The molecule has 2 amide bonds. The molecule has 232 valence electrons. The number of nitrogens with zero attached hydrogens (tertiary/aromatic N) is 5. The second-order valence-corrected chi connectivity index (χ2v) is 11.5. The molecule has 0 atom stereocenters. The van der Waals surface area contributed by atoms with Gasteiger partial charge in [0.25, 0.3) is 0 Å². The van der Waals surface area contributed by atoms with E-state index in [9.17, 15) is 18.0 Å². The zero-order valence-electron chi connectivity index (χ0n) is 25.3. The van der Waals surface area contributed by atoms with Crippen LogP contribution in [-0.2, 0) is 0 Å². The van der Waals surface area contributed by atoms with Gasteiger partial charge in [-0.05, 0) is 79.3 Å². The molecule has 5 aromatic rings. The van der Waals surface area contributed by atoms with Gasteiger partial charge >= 0.3 is 12.4 Å². The summed E-state index contributed by atoms with van der Waals surface area (Å²) >= 11 is 1.41. The van der Waals surface area contributed by atoms with Crippen LogP contribution in [0.2, 0.25) is 0 Å². The van der Waals surface area contributed by atoms with Gasteiger partial charge in [0, 0.05) is 22.8 Å². The van der Waals surface area contributed by atoms with Crippen molar-refractivity contribution in [3.63, 3.8) is 0 Å². The average molecular weight is 633 g/mol. The fourth-order valence-electron chi connectivity index (χ4n) is 4.95. The molecule has 0 aliphatic carbocycles. The van der Waals surface area contributed by atoms with Gasteiger partial charge < -0.3 is 10.1 Å². The number of carbonyl (C=O) groups excluding carboxylic acids is 1. The third kappa shape index (κ3) is 7.40. The number of aromatic nitrogens is 4. The number of thiazole rings is 1. The molecule has 0 radical (unpaired) electrons. The summed E-state index contributed by atoms with van der Waals surface area (Å²) in [6.45, 7) is 10.3. The molecule has 8 nitrogen and oxygen atoms in total. The number of urea groups is 1.